The molecule has 226 valence electrons. The zero-order chi connectivity index (χ0) is 31.4. The first-order valence-electron chi connectivity index (χ1n) is 12.6. The maximum atomic E-state index is 13.8. The summed E-state index contributed by atoms with van der Waals surface area (Å²) in [5.41, 5.74) is 8.81. The van der Waals surface area contributed by atoms with Crippen molar-refractivity contribution in [2.75, 3.05) is 37.8 Å². The van der Waals surface area contributed by atoms with E-state index in [2.05, 4.69) is 0 Å². The number of phenolic OH excluding ortho intramolecular Hbond substituents is 1. The summed E-state index contributed by atoms with van der Waals surface area (Å²) in [5.74, 6) is -6.90. The topological polar surface area (TPSA) is 265 Å². The largest absolute Gasteiger partial charge is 0.510 e. The average Bonchev–Trinajstić information content (AvgIpc) is 2.83. The molecule has 2 unspecified atom stereocenters. The van der Waals surface area contributed by atoms with E-state index in [1.165, 1.54) is 4.90 Å². The lowest BCUT2D eigenvalue weighted by atomic mass is 9.58. The smallest absolute Gasteiger partial charge is 0.394 e. The van der Waals surface area contributed by atoms with E-state index >= 15 is 0 Å². The van der Waals surface area contributed by atoms with E-state index < -0.39 is 74.2 Å². The molecule has 0 heterocycles. The Morgan fingerprint density at radius 2 is 1.66 bits per heavy atom. The number of aliphatic hydroxyl groups excluding tert-OH is 2. The molecule has 0 spiro atoms. The van der Waals surface area contributed by atoms with Gasteiger partial charge in [0.05, 0.1) is 17.3 Å². The van der Waals surface area contributed by atoms with Gasteiger partial charge in [-0.3, -0.25) is 28.4 Å². The molecule has 10 N–H and O–H groups in total. The van der Waals surface area contributed by atoms with Crippen molar-refractivity contribution in [2.24, 2.45) is 17.6 Å². The Labute approximate surface area is 235 Å². The number of aromatic hydroxyl groups is 1. The number of amides is 1. The monoisotopic (exact) mass is 598 g/mol. The maximum absolute atomic E-state index is 13.8. The Kier molecular flexibility index (Phi) is 8.49. The first-order chi connectivity index (χ1) is 18.8. The van der Waals surface area contributed by atoms with Crippen molar-refractivity contribution in [3.05, 3.63) is 39.9 Å². The quantitative estimate of drug-likeness (QED) is 0.0952. The molecular weight excluding hydrogens is 564 g/mol. The Morgan fingerprint density at radius 3 is 2.12 bits per heavy atom. The summed E-state index contributed by atoms with van der Waals surface area (Å²) >= 11 is 0. The van der Waals surface area contributed by atoms with E-state index in [0.717, 1.165) is 0 Å². The minimum absolute atomic E-state index is 0.0137. The zero-order valence-corrected chi connectivity index (χ0v) is 23.6. The minimum Gasteiger partial charge on any atom is -0.510 e. The molecule has 0 radical (unpaired) electrons. The van der Waals surface area contributed by atoms with Crippen molar-refractivity contribution in [3.8, 4) is 5.75 Å². The van der Waals surface area contributed by atoms with Crippen LogP contribution in [0.3, 0.4) is 0 Å². The highest BCUT2D eigenvalue weighted by atomic mass is 32.3. The number of nitrogens with zero attached hydrogens (tertiary/aromatic N) is 2. The number of allylic oxidation sites excluding steroid dienone is 1. The third-order valence-corrected chi connectivity index (χ3v) is 7.83. The molecule has 15 nitrogen and oxygen atoms in total. The highest BCUT2D eigenvalue weighted by molar-refractivity contribution is 7.79. The number of nitrogens with two attached hydrogens (primary N) is 2. The predicted molar refractivity (Wildman–Crippen MR) is 146 cm³/mol. The first-order valence-corrected chi connectivity index (χ1v) is 14.0. The molecule has 0 saturated heterocycles. The zero-order valence-electron chi connectivity index (χ0n) is 22.8. The van der Waals surface area contributed by atoms with Crippen molar-refractivity contribution in [2.45, 2.75) is 38.3 Å². The molecule has 0 saturated carbocycles. The van der Waals surface area contributed by atoms with Crippen LogP contribution in [0, 0.1) is 11.8 Å². The van der Waals surface area contributed by atoms with Crippen molar-refractivity contribution in [3.63, 3.8) is 0 Å². The molecule has 0 bridgehead atoms. The van der Waals surface area contributed by atoms with Crippen molar-refractivity contribution in [1.29, 1.82) is 0 Å². The number of ketones is 2. The second-order valence-corrected chi connectivity index (χ2v) is 11.2. The van der Waals surface area contributed by atoms with Gasteiger partial charge < -0.3 is 36.8 Å². The number of anilines is 2. The molecule has 3 aliphatic carbocycles. The number of Topliss-reactive ketones (excluding diaryl/α,β-unsaturated/α-hetero) is 2. The lowest BCUT2D eigenvalue weighted by Gasteiger charge is -2.50. The number of nitrogen functional groups attached to an aromatic ring is 1. The van der Waals surface area contributed by atoms with Crippen LogP contribution in [0.25, 0.3) is 0 Å². The number of fused-ring (bicyclic) bond motifs is 3. The van der Waals surface area contributed by atoms with Gasteiger partial charge in [-0.1, -0.05) is 0 Å². The SMILES string of the molecule is CCN(CC)c1cc(N)c(O)c2c1CC1CC3[C@H](N(C)C)C(O)=C(C(N)=O)C(=O)[C@@]3(O)C(O)=C1C2=O.O=S(=O)(O)O. The van der Waals surface area contributed by atoms with Crippen LogP contribution >= 0.6 is 0 Å². The molecule has 0 fully saturated rings. The number of likely N-dealkylation sites (N-methyl/N-ethyl adjacent to an activating group) is 1. The van der Waals surface area contributed by atoms with E-state index in [9.17, 15) is 34.8 Å². The van der Waals surface area contributed by atoms with Gasteiger partial charge in [0.15, 0.2) is 11.4 Å². The summed E-state index contributed by atoms with van der Waals surface area (Å²) in [4.78, 5) is 42.6. The normalized spacial score (nSPS) is 25.7. The molecule has 41 heavy (non-hydrogen) atoms. The molecule has 1 aromatic carbocycles. The minimum atomic E-state index is -4.67. The van der Waals surface area contributed by atoms with E-state index in [1.807, 2.05) is 18.7 Å². The Bertz CT molecular complexity index is 1470. The van der Waals surface area contributed by atoms with Crippen LogP contribution in [0.1, 0.15) is 36.2 Å². The molecule has 4 atom stereocenters. The number of primary amides is 1. The predicted octanol–water partition coefficient (Wildman–Crippen LogP) is -0.104. The molecule has 1 amide bonds. The number of phenols is 1. The van der Waals surface area contributed by atoms with Gasteiger partial charge in [-0.2, -0.15) is 8.42 Å². The first kappa shape index (κ1) is 31.8. The number of benzene rings is 1. The number of carbonyl (C=O) groups excluding carboxylic acids is 3. The summed E-state index contributed by atoms with van der Waals surface area (Å²) in [7, 11) is -1.49. The van der Waals surface area contributed by atoms with Gasteiger partial charge in [0.25, 0.3) is 5.91 Å². The van der Waals surface area contributed by atoms with Crippen molar-refractivity contribution in [1.82, 2.24) is 4.90 Å². The van der Waals surface area contributed by atoms with Crippen LogP contribution in [0.5, 0.6) is 5.75 Å². The van der Waals surface area contributed by atoms with Crippen molar-refractivity contribution >= 4 is 39.2 Å². The number of rotatable bonds is 5. The highest BCUT2D eigenvalue weighted by Gasteiger charge is 2.63. The Balaban J connectivity index is 0.000000850. The summed E-state index contributed by atoms with van der Waals surface area (Å²) < 4.78 is 31.6. The molecule has 0 aliphatic heterocycles. The van der Waals surface area contributed by atoms with E-state index in [4.69, 9.17) is 29.0 Å². The standard InChI is InChI=1S/C25H32N4O7.H2O4S/c1-5-29(6-2)14-9-13(26)19(30)16-11(14)7-10-8-12-18(28(3)4)21(32)17(24(27)35)23(34)25(12,36)22(33)15(10)20(16)31;1-5(2,3)4/h9-10,12,18,30,32-33,36H,5-8,26H2,1-4H3,(H2,27,35);(H2,1,2,3,4)/t10?,12?,18-,25-;/m0./s1. The fourth-order valence-electron chi connectivity index (χ4n) is 6.17. The second kappa shape index (κ2) is 10.9. The molecule has 0 aromatic heterocycles. The van der Waals surface area contributed by atoms with E-state index in [-0.39, 0.29) is 29.7 Å². The van der Waals surface area contributed by atoms with Gasteiger partial charge in [0.2, 0.25) is 5.78 Å². The van der Waals surface area contributed by atoms with Gasteiger partial charge >= 0.3 is 10.4 Å². The Hall–Kier alpha value is -3.70. The summed E-state index contributed by atoms with van der Waals surface area (Å²) in [5, 5.41) is 44.5. The second-order valence-electron chi connectivity index (χ2n) is 10.3. The van der Waals surface area contributed by atoms with Crippen LogP contribution in [0.4, 0.5) is 11.4 Å². The van der Waals surface area contributed by atoms with E-state index in [0.29, 0.717) is 24.3 Å². The summed E-state index contributed by atoms with van der Waals surface area (Å²) in [6.45, 7) is 5.13. The summed E-state index contributed by atoms with van der Waals surface area (Å²) in [6, 6.07) is 0.584. The van der Waals surface area contributed by atoms with Crippen LogP contribution in [-0.4, -0.2) is 99.2 Å². The van der Waals surface area contributed by atoms with Crippen LogP contribution in [0.15, 0.2) is 28.7 Å². The third-order valence-electron chi connectivity index (χ3n) is 7.83. The van der Waals surface area contributed by atoms with Gasteiger partial charge in [0, 0.05) is 30.3 Å². The van der Waals surface area contributed by atoms with E-state index in [1.54, 1.807) is 20.2 Å². The van der Waals surface area contributed by atoms with Crippen LogP contribution in [-0.2, 0) is 26.4 Å². The average molecular weight is 599 g/mol. The number of hydrogen-bond donors (Lipinski definition) is 8. The van der Waals surface area contributed by atoms with Gasteiger partial charge in [-0.05, 0) is 58.3 Å². The molecule has 3 aliphatic rings. The maximum Gasteiger partial charge on any atom is 0.394 e. The number of carbonyl (C=O) groups is 3. The van der Waals surface area contributed by atoms with Gasteiger partial charge in [-0.25, -0.2) is 0 Å². The van der Waals surface area contributed by atoms with Crippen molar-refractivity contribution < 1.29 is 52.3 Å². The van der Waals surface area contributed by atoms with Gasteiger partial charge in [-0.15, -0.1) is 0 Å². The lowest BCUT2D eigenvalue weighted by Crippen LogP contribution is -2.63. The molecular formula is C25H34N4O11S. The highest BCUT2D eigenvalue weighted by Crippen LogP contribution is 2.53. The van der Waals surface area contributed by atoms with Crippen LogP contribution in [0.2, 0.25) is 0 Å². The lowest BCUT2D eigenvalue weighted by molar-refractivity contribution is -0.148. The third kappa shape index (κ3) is 5.24. The number of hydrogen-bond acceptors (Lipinski definition) is 12. The molecule has 4 rings (SSSR count). The summed E-state index contributed by atoms with van der Waals surface area (Å²) in [6.07, 6.45) is 0.253. The fraction of sp³-hybridized carbons (Fsp3) is 0.480. The molecule has 1 aromatic rings. The Morgan fingerprint density at radius 1 is 1.12 bits per heavy atom. The van der Waals surface area contributed by atoms with Gasteiger partial charge in [0.1, 0.15) is 22.8 Å². The fourth-order valence-corrected chi connectivity index (χ4v) is 6.17. The van der Waals surface area contributed by atoms with Crippen LogP contribution < -0.4 is 16.4 Å². The number of aliphatic hydroxyl groups is 3. The molecule has 16 heteroatoms.